The first-order valence-corrected chi connectivity index (χ1v) is 13.5. The highest BCUT2D eigenvalue weighted by molar-refractivity contribution is 8.26. The van der Waals surface area contributed by atoms with E-state index in [4.69, 9.17) is 17.3 Å². The summed E-state index contributed by atoms with van der Waals surface area (Å²) >= 11 is 8.22. The first kappa shape index (κ1) is 20.6. The Morgan fingerprint density at radius 3 is 2.65 bits per heavy atom. The van der Waals surface area contributed by atoms with E-state index in [-0.39, 0.29) is 23.5 Å². The molecule has 2 fully saturated rings. The first-order chi connectivity index (χ1) is 14.9. The van der Waals surface area contributed by atoms with E-state index in [1.807, 2.05) is 60.1 Å². The summed E-state index contributed by atoms with van der Waals surface area (Å²) in [6.45, 7) is 0. The summed E-state index contributed by atoms with van der Waals surface area (Å²) in [5.41, 5.74) is 2.52. The summed E-state index contributed by atoms with van der Waals surface area (Å²) in [4.78, 5) is 16.1. The van der Waals surface area contributed by atoms with E-state index in [0.717, 1.165) is 21.8 Å². The fraction of sp³-hybridized carbons (Fsp3) is 0.190. The monoisotopic (exact) mass is 487 g/mol. The zero-order chi connectivity index (χ0) is 21.6. The van der Waals surface area contributed by atoms with Crippen molar-refractivity contribution < 1.29 is 13.2 Å². The molecule has 2 saturated heterocycles. The lowest BCUT2D eigenvalue weighted by Crippen LogP contribution is -2.39. The fourth-order valence-electron chi connectivity index (χ4n) is 3.73. The van der Waals surface area contributed by atoms with Gasteiger partial charge in [0.2, 0.25) is 0 Å². The van der Waals surface area contributed by atoms with E-state index in [2.05, 4.69) is 0 Å². The molecule has 6 nitrogen and oxygen atoms in total. The van der Waals surface area contributed by atoms with Crippen LogP contribution < -0.4 is 0 Å². The molecule has 0 saturated carbocycles. The quantitative estimate of drug-likeness (QED) is 0.409. The topological polar surface area (TPSA) is 72.3 Å². The zero-order valence-electron chi connectivity index (χ0n) is 16.2. The number of sulfone groups is 1. The van der Waals surface area contributed by atoms with Crippen molar-refractivity contribution in [2.45, 2.75) is 12.5 Å². The Morgan fingerprint density at radius 2 is 1.97 bits per heavy atom. The Bertz CT molecular complexity index is 1290. The van der Waals surface area contributed by atoms with Crippen molar-refractivity contribution in [3.63, 3.8) is 0 Å². The van der Waals surface area contributed by atoms with Gasteiger partial charge in [0.15, 0.2) is 9.84 Å². The van der Waals surface area contributed by atoms with Crippen molar-refractivity contribution >= 4 is 61.5 Å². The Morgan fingerprint density at radius 1 is 1.16 bits per heavy atom. The average molecular weight is 488 g/mol. The van der Waals surface area contributed by atoms with Crippen molar-refractivity contribution in [1.29, 1.82) is 0 Å². The highest BCUT2D eigenvalue weighted by Crippen LogP contribution is 2.38. The predicted molar refractivity (Wildman–Crippen MR) is 129 cm³/mol. The lowest BCUT2D eigenvalue weighted by Gasteiger charge is -2.20. The van der Waals surface area contributed by atoms with Gasteiger partial charge in [-0.15, -0.1) is 11.3 Å². The third-order valence-electron chi connectivity index (χ3n) is 5.20. The van der Waals surface area contributed by atoms with Crippen LogP contribution in [0.25, 0.3) is 22.3 Å². The minimum Gasteiger partial charge on any atom is -0.289 e. The molecular formula is C21H17N3O3S4. The lowest BCUT2D eigenvalue weighted by molar-refractivity contribution is -0.123. The second-order valence-electron chi connectivity index (χ2n) is 7.30. The Hall–Kier alpha value is -2.27. The minimum atomic E-state index is -3.11. The van der Waals surface area contributed by atoms with Crippen molar-refractivity contribution in [2.75, 3.05) is 11.5 Å². The van der Waals surface area contributed by atoms with E-state index in [9.17, 15) is 13.2 Å². The van der Waals surface area contributed by atoms with Gasteiger partial charge in [0.1, 0.15) is 10.0 Å². The van der Waals surface area contributed by atoms with Crippen LogP contribution in [-0.4, -0.2) is 50.9 Å². The predicted octanol–water partition coefficient (Wildman–Crippen LogP) is 3.99. The highest BCUT2D eigenvalue weighted by Gasteiger charge is 2.42. The Kier molecular flexibility index (Phi) is 5.33. The molecule has 2 aliphatic rings. The molecule has 0 N–H and O–H groups in total. The largest absolute Gasteiger partial charge is 0.289 e. The molecule has 0 radical (unpaired) electrons. The Balaban J connectivity index is 1.52. The number of para-hydroxylation sites is 1. The number of carbonyl (C=O) groups excluding carboxylic acids is 1. The molecule has 0 spiro atoms. The highest BCUT2D eigenvalue weighted by atomic mass is 32.2. The van der Waals surface area contributed by atoms with Gasteiger partial charge >= 0.3 is 0 Å². The van der Waals surface area contributed by atoms with E-state index in [0.29, 0.717) is 15.6 Å². The normalized spacial score (nSPS) is 22.0. The molecule has 158 valence electrons. The number of thiophene rings is 1. The first-order valence-electron chi connectivity index (χ1n) is 9.58. The van der Waals surface area contributed by atoms with Crippen LogP contribution in [0.1, 0.15) is 12.0 Å². The van der Waals surface area contributed by atoms with Crippen LogP contribution in [0.2, 0.25) is 0 Å². The van der Waals surface area contributed by atoms with Gasteiger partial charge in [-0.1, -0.05) is 48.2 Å². The number of thiocarbonyl (C=S) groups is 1. The molecule has 1 aromatic carbocycles. The molecule has 1 amide bonds. The molecule has 1 atom stereocenters. The molecule has 0 bridgehead atoms. The van der Waals surface area contributed by atoms with Gasteiger partial charge in [-0.2, -0.15) is 5.10 Å². The van der Waals surface area contributed by atoms with Crippen LogP contribution in [0.4, 0.5) is 0 Å². The number of aromatic nitrogens is 2. The molecule has 10 heteroatoms. The zero-order valence-corrected chi connectivity index (χ0v) is 19.4. The van der Waals surface area contributed by atoms with Crippen LogP contribution in [0.3, 0.4) is 0 Å². The maximum atomic E-state index is 13.1. The van der Waals surface area contributed by atoms with Crippen LogP contribution >= 0.6 is 35.3 Å². The summed E-state index contributed by atoms with van der Waals surface area (Å²) in [5.74, 6) is -0.166. The van der Waals surface area contributed by atoms with Gasteiger partial charge in [-0.25, -0.2) is 13.1 Å². The number of rotatable bonds is 4. The van der Waals surface area contributed by atoms with Crippen molar-refractivity contribution in [2.24, 2.45) is 0 Å². The van der Waals surface area contributed by atoms with Gasteiger partial charge in [-0.3, -0.25) is 9.69 Å². The molecule has 4 heterocycles. The van der Waals surface area contributed by atoms with E-state index in [1.54, 1.807) is 16.0 Å². The van der Waals surface area contributed by atoms with Crippen LogP contribution in [0, 0.1) is 0 Å². The second-order valence-corrected chi connectivity index (χ2v) is 12.2. The van der Waals surface area contributed by atoms with Crippen LogP contribution in [-0.2, 0) is 14.6 Å². The molecule has 3 aromatic rings. The molecule has 2 aromatic heterocycles. The molecule has 5 rings (SSSR count). The van der Waals surface area contributed by atoms with Gasteiger partial charge in [0.05, 0.1) is 33.0 Å². The summed E-state index contributed by atoms with van der Waals surface area (Å²) in [7, 11) is -3.11. The molecular weight excluding hydrogens is 471 g/mol. The van der Waals surface area contributed by atoms with Crippen LogP contribution in [0.15, 0.2) is 58.9 Å². The number of hydrogen-bond acceptors (Lipinski definition) is 7. The van der Waals surface area contributed by atoms with Gasteiger partial charge in [0, 0.05) is 11.8 Å². The molecule has 0 aliphatic carbocycles. The smallest absolute Gasteiger partial charge is 0.266 e. The van der Waals surface area contributed by atoms with E-state index >= 15 is 0 Å². The number of benzene rings is 1. The standard InChI is InChI=1S/C21H17N3O3S4/c25-20-18(30-21(28)24(20)16-8-10-31(26,27)13-16)11-14-12-23(15-5-2-1-3-6-15)22-19(14)17-7-4-9-29-17/h1-7,9,11-12,16H,8,10,13H2/b18-11+/t16-/m0/s1. The Labute approximate surface area is 193 Å². The number of hydrogen-bond donors (Lipinski definition) is 0. The summed E-state index contributed by atoms with van der Waals surface area (Å²) in [6.07, 6.45) is 4.13. The maximum Gasteiger partial charge on any atom is 0.266 e. The number of amides is 1. The van der Waals surface area contributed by atoms with Gasteiger partial charge < -0.3 is 0 Å². The minimum absolute atomic E-state index is 0.0287. The SMILES string of the molecule is O=C1/C(=C\c2cn(-c3ccccc3)nc2-c2cccs2)SC(=S)N1[C@H]1CCS(=O)(=O)C1. The van der Waals surface area contributed by atoms with Crippen LogP contribution in [0.5, 0.6) is 0 Å². The number of nitrogens with zero attached hydrogens (tertiary/aromatic N) is 3. The third kappa shape index (κ3) is 4.00. The van der Waals surface area contributed by atoms with Crippen molar-refractivity contribution in [3.05, 3.63) is 64.5 Å². The fourth-order valence-corrected chi connectivity index (χ4v) is 7.55. The second kappa shape index (κ2) is 8.01. The van der Waals surface area contributed by atoms with Gasteiger partial charge in [0.25, 0.3) is 5.91 Å². The molecule has 0 unspecified atom stereocenters. The molecule has 31 heavy (non-hydrogen) atoms. The molecule has 2 aliphatic heterocycles. The summed E-state index contributed by atoms with van der Waals surface area (Å²) in [5, 5.41) is 6.75. The van der Waals surface area contributed by atoms with E-state index in [1.165, 1.54) is 16.7 Å². The summed E-state index contributed by atoms with van der Waals surface area (Å²) in [6, 6.07) is 13.4. The van der Waals surface area contributed by atoms with E-state index < -0.39 is 9.84 Å². The number of carbonyl (C=O) groups is 1. The lowest BCUT2D eigenvalue weighted by atomic mass is 10.2. The third-order valence-corrected chi connectivity index (χ3v) is 9.16. The average Bonchev–Trinajstić information content (AvgIpc) is 3.51. The van der Waals surface area contributed by atoms with Gasteiger partial charge in [-0.05, 0) is 36.1 Å². The van der Waals surface area contributed by atoms with Crippen molar-refractivity contribution in [1.82, 2.24) is 14.7 Å². The summed E-state index contributed by atoms with van der Waals surface area (Å²) < 4.78 is 26.0. The van der Waals surface area contributed by atoms with Crippen molar-refractivity contribution in [3.8, 4) is 16.3 Å². The number of thioether (sulfide) groups is 1. The maximum absolute atomic E-state index is 13.1.